The number of benzene rings is 3. The van der Waals surface area contributed by atoms with E-state index in [0.717, 1.165) is 37.6 Å². The third-order valence-corrected chi connectivity index (χ3v) is 11.4. The highest BCUT2D eigenvalue weighted by Crippen LogP contribution is 2.57. The lowest BCUT2D eigenvalue weighted by atomic mass is 10.1. The van der Waals surface area contributed by atoms with Gasteiger partial charge >= 0.3 is 0 Å². The van der Waals surface area contributed by atoms with Crippen molar-refractivity contribution in [3.63, 3.8) is 0 Å². The average Bonchev–Trinajstić information content (AvgIpc) is 3.31. The molecular formula is C40H57O2P. The minimum Gasteiger partial charge on any atom is -0.493 e. The number of aryl methyl sites for hydroxylation is 2. The molecule has 3 heteroatoms. The molecular weight excluding hydrogens is 543 g/mol. The molecule has 0 unspecified atom stereocenters. The van der Waals surface area contributed by atoms with Gasteiger partial charge in [0, 0.05) is 10.2 Å². The standard InChI is InChI=1S/C40H57O2P/c1-5-7-9-11-13-15-17-22-26-41-37-30-35-36-31-38(42-27-23-18-16-14-12-10-8-6-2)33(4)29-40(36)43(39(35)28-32(37)3)34-24-20-19-21-25-34/h19-21,24-25,28-31H,5-18,22-23,26-27H2,1-4H3. The highest BCUT2D eigenvalue weighted by atomic mass is 31.1. The molecule has 0 N–H and O–H groups in total. The summed E-state index contributed by atoms with van der Waals surface area (Å²) in [6, 6.07) is 20.6. The fourth-order valence-electron chi connectivity index (χ4n) is 6.28. The molecule has 0 atom stereocenters. The molecule has 234 valence electrons. The van der Waals surface area contributed by atoms with Crippen molar-refractivity contribution in [3.8, 4) is 16.8 Å². The Bertz CT molecular complexity index is 1290. The van der Waals surface area contributed by atoms with Crippen LogP contribution < -0.4 is 9.47 Å². The van der Waals surface area contributed by atoms with E-state index in [-0.39, 0.29) is 0 Å². The van der Waals surface area contributed by atoms with Crippen molar-refractivity contribution < 1.29 is 9.47 Å². The fraction of sp³-hybridized carbons (Fsp3) is 0.550. The summed E-state index contributed by atoms with van der Waals surface area (Å²) < 4.78 is 12.9. The molecule has 0 saturated heterocycles. The van der Waals surface area contributed by atoms with Crippen LogP contribution in [0.5, 0.6) is 11.5 Å². The molecule has 1 heterocycles. The first-order chi connectivity index (χ1) is 21.1. The lowest BCUT2D eigenvalue weighted by Crippen LogP contribution is -1.99. The lowest BCUT2D eigenvalue weighted by Gasteiger charge is -2.11. The summed E-state index contributed by atoms with van der Waals surface area (Å²) in [5.41, 5.74) is 2.50. The summed E-state index contributed by atoms with van der Waals surface area (Å²) in [4.78, 5) is 0. The zero-order valence-electron chi connectivity index (χ0n) is 27.7. The van der Waals surface area contributed by atoms with Gasteiger partial charge in [-0.05, 0) is 78.2 Å². The molecule has 0 saturated carbocycles. The first-order valence-electron chi connectivity index (χ1n) is 17.5. The van der Waals surface area contributed by atoms with Crippen molar-refractivity contribution in [1.82, 2.24) is 0 Å². The molecule has 0 aliphatic heterocycles. The Hall–Kier alpha value is -2.44. The van der Waals surface area contributed by atoms with Crippen molar-refractivity contribution in [2.24, 2.45) is 0 Å². The summed E-state index contributed by atoms with van der Waals surface area (Å²) in [6.07, 6.45) is 21.1. The second kappa shape index (κ2) is 18.4. The third kappa shape index (κ3) is 9.78. The average molecular weight is 601 g/mol. The van der Waals surface area contributed by atoms with Crippen LogP contribution in [0.15, 0.2) is 54.6 Å². The molecule has 3 aromatic carbocycles. The maximum absolute atomic E-state index is 6.43. The molecule has 4 rings (SSSR count). The van der Waals surface area contributed by atoms with Gasteiger partial charge < -0.3 is 9.47 Å². The zero-order chi connectivity index (χ0) is 30.3. The monoisotopic (exact) mass is 600 g/mol. The van der Waals surface area contributed by atoms with E-state index < -0.39 is 7.53 Å². The Labute approximate surface area is 263 Å². The van der Waals surface area contributed by atoms with Crippen LogP contribution in [0.1, 0.15) is 128 Å². The predicted octanol–water partition coefficient (Wildman–Crippen LogP) is 13.6. The van der Waals surface area contributed by atoms with Crippen molar-refractivity contribution in [1.29, 1.82) is 0 Å². The fourth-order valence-corrected chi connectivity index (χ4v) is 9.06. The Morgan fingerprint density at radius 2 is 0.884 bits per heavy atom. The van der Waals surface area contributed by atoms with Gasteiger partial charge in [0.05, 0.1) is 13.2 Å². The van der Waals surface area contributed by atoms with Crippen LogP contribution in [0.4, 0.5) is 0 Å². The van der Waals surface area contributed by atoms with E-state index in [1.807, 2.05) is 0 Å². The topological polar surface area (TPSA) is 18.5 Å². The second-order valence-corrected chi connectivity index (χ2v) is 14.7. The van der Waals surface area contributed by atoms with Crippen LogP contribution in [0.3, 0.4) is 0 Å². The van der Waals surface area contributed by atoms with E-state index in [1.165, 1.54) is 127 Å². The number of ether oxygens (including phenoxy) is 2. The van der Waals surface area contributed by atoms with E-state index in [0.29, 0.717) is 0 Å². The Morgan fingerprint density at radius 3 is 1.30 bits per heavy atom. The maximum atomic E-state index is 6.43. The molecule has 0 radical (unpaired) electrons. The van der Waals surface area contributed by atoms with Gasteiger partial charge in [0.2, 0.25) is 0 Å². The first-order valence-corrected chi connectivity index (χ1v) is 18.9. The third-order valence-electron chi connectivity index (χ3n) is 8.88. The number of hydrogen-bond donors (Lipinski definition) is 0. The largest absolute Gasteiger partial charge is 0.493 e. The smallest absolute Gasteiger partial charge is 0.122 e. The highest BCUT2D eigenvalue weighted by molar-refractivity contribution is 7.67. The van der Waals surface area contributed by atoms with E-state index in [4.69, 9.17) is 9.47 Å². The van der Waals surface area contributed by atoms with E-state index >= 15 is 0 Å². The Morgan fingerprint density at radius 1 is 0.488 bits per heavy atom. The normalized spacial score (nSPS) is 11.5. The van der Waals surface area contributed by atoms with Gasteiger partial charge in [-0.15, -0.1) is 0 Å². The van der Waals surface area contributed by atoms with Crippen LogP contribution in [0, 0.1) is 13.8 Å². The molecule has 0 bridgehead atoms. The zero-order valence-corrected chi connectivity index (χ0v) is 28.6. The van der Waals surface area contributed by atoms with Gasteiger partial charge in [-0.2, -0.15) is 0 Å². The Balaban J connectivity index is 1.48. The highest BCUT2D eigenvalue weighted by Gasteiger charge is 2.18. The van der Waals surface area contributed by atoms with Crippen LogP contribution in [0.25, 0.3) is 26.3 Å². The first kappa shape index (κ1) is 33.5. The van der Waals surface area contributed by atoms with Gasteiger partial charge in [-0.3, -0.25) is 0 Å². The molecule has 0 spiro atoms. The van der Waals surface area contributed by atoms with E-state index in [1.54, 1.807) is 0 Å². The molecule has 0 aliphatic rings. The van der Waals surface area contributed by atoms with Crippen LogP contribution in [-0.2, 0) is 0 Å². The summed E-state index contributed by atoms with van der Waals surface area (Å²) in [7, 11) is -0.596. The molecule has 0 fully saturated rings. The summed E-state index contributed by atoms with van der Waals surface area (Å²) in [5.74, 6) is 2.08. The van der Waals surface area contributed by atoms with Gasteiger partial charge in [0.15, 0.2) is 0 Å². The van der Waals surface area contributed by atoms with Gasteiger partial charge in [0.25, 0.3) is 0 Å². The second-order valence-electron chi connectivity index (χ2n) is 12.6. The summed E-state index contributed by atoms with van der Waals surface area (Å²) >= 11 is 0. The number of rotatable bonds is 21. The van der Waals surface area contributed by atoms with Crippen LogP contribution in [0.2, 0.25) is 0 Å². The Kier molecular flexibility index (Phi) is 14.3. The quantitative estimate of drug-likeness (QED) is 0.0886. The summed E-state index contributed by atoms with van der Waals surface area (Å²) in [6.45, 7) is 10.6. The van der Waals surface area contributed by atoms with Crippen LogP contribution in [-0.4, -0.2) is 13.2 Å². The van der Waals surface area contributed by atoms with Crippen LogP contribution >= 0.6 is 7.53 Å². The molecule has 2 nitrogen and oxygen atoms in total. The molecule has 1 aromatic heterocycles. The van der Waals surface area contributed by atoms with Gasteiger partial charge in [-0.1, -0.05) is 142 Å². The molecule has 43 heavy (non-hydrogen) atoms. The maximum Gasteiger partial charge on any atom is 0.122 e. The molecule has 0 aliphatic carbocycles. The number of unbranched alkanes of at least 4 members (excludes halogenated alkanes) is 14. The van der Waals surface area contributed by atoms with Gasteiger partial charge in [-0.25, -0.2) is 0 Å². The summed E-state index contributed by atoms with van der Waals surface area (Å²) in [5, 5.41) is 6.98. The molecule has 0 amide bonds. The van der Waals surface area contributed by atoms with E-state index in [2.05, 4.69) is 82.3 Å². The number of hydrogen-bond acceptors (Lipinski definition) is 2. The SMILES string of the molecule is CCCCCCCCCCOc1cc2c3cc(OCCCCCCCCCC)c(C)cc3p(-c3ccccc3)c2cc1C. The van der Waals surface area contributed by atoms with Crippen molar-refractivity contribution in [3.05, 3.63) is 65.7 Å². The van der Waals surface area contributed by atoms with Gasteiger partial charge in [0.1, 0.15) is 11.5 Å². The minimum absolute atomic E-state index is 0.596. The van der Waals surface area contributed by atoms with Crippen molar-refractivity contribution in [2.75, 3.05) is 13.2 Å². The minimum atomic E-state index is -0.596. The lowest BCUT2D eigenvalue weighted by molar-refractivity contribution is 0.302. The van der Waals surface area contributed by atoms with Crippen molar-refractivity contribution in [2.45, 2.75) is 130 Å². The molecule has 4 aromatic rings. The van der Waals surface area contributed by atoms with E-state index in [9.17, 15) is 0 Å². The predicted molar refractivity (Wildman–Crippen MR) is 191 cm³/mol. The van der Waals surface area contributed by atoms with Crippen molar-refractivity contribution >= 4 is 28.5 Å². The number of fused-ring (bicyclic) bond motifs is 3.